The lowest BCUT2D eigenvalue weighted by Gasteiger charge is -2.34. The fraction of sp³-hybridized carbons (Fsp3) is 0.556. The van der Waals surface area contributed by atoms with Crippen LogP contribution < -0.4 is 5.32 Å². The second-order valence-corrected chi connectivity index (χ2v) is 3.50. The molecule has 1 unspecified atom stereocenters. The zero-order chi connectivity index (χ0) is 11.5. The van der Waals surface area contributed by atoms with Crippen molar-refractivity contribution >= 4 is 11.9 Å². The SMILES string of the molecule is COC(=O)/C=C1/NC(C)(CO)COC1=O. The van der Waals surface area contributed by atoms with Crippen LogP contribution in [0.5, 0.6) is 0 Å². The maximum absolute atomic E-state index is 11.2. The summed E-state index contributed by atoms with van der Waals surface area (Å²) in [5.74, 6) is -1.29. The number of hydrogen-bond donors (Lipinski definition) is 2. The molecule has 1 atom stereocenters. The maximum atomic E-state index is 11.2. The van der Waals surface area contributed by atoms with Crippen molar-refractivity contribution in [3.63, 3.8) is 0 Å². The summed E-state index contributed by atoms with van der Waals surface area (Å²) in [6, 6.07) is 0. The van der Waals surface area contributed by atoms with Crippen LogP contribution in [0.4, 0.5) is 0 Å². The molecule has 1 rings (SSSR count). The Hall–Kier alpha value is -1.56. The van der Waals surface area contributed by atoms with Crippen LogP contribution in [0.3, 0.4) is 0 Å². The third-order valence-corrected chi connectivity index (χ3v) is 1.99. The predicted molar refractivity (Wildman–Crippen MR) is 49.7 cm³/mol. The molecule has 1 fully saturated rings. The van der Waals surface area contributed by atoms with Crippen molar-refractivity contribution in [1.82, 2.24) is 5.32 Å². The van der Waals surface area contributed by atoms with E-state index >= 15 is 0 Å². The zero-order valence-corrected chi connectivity index (χ0v) is 8.57. The minimum Gasteiger partial charge on any atom is -0.466 e. The third kappa shape index (κ3) is 2.69. The highest BCUT2D eigenvalue weighted by Crippen LogP contribution is 2.14. The van der Waals surface area contributed by atoms with Crippen LogP contribution in [-0.4, -0.2) is 42.9 Å². The quantitative estimate of drug-likeness (QED) is 0.451. The summed E-state index contributed by atoms with van der Waals surface area (Å²) in [5, 5.41) is 11.8. The first kappa shape index (κ1) is 11.5. The van der Waals surface area contributed by atoms with Gasteiger partial charge in [-0.3, -0.25) is 0 Å². The summed E-state index contributed by atoms with van der Waals surface area (Å²) in [5.41, 5.74) is -0.766. The molecule has 0 saturated carbocycles. The highest BCUT2D eigenvalue weighted by molar-refractivity contribution is 5.96. The standard InChI is InChI=1S/C9H13NO5/c1-9(4-11)5-15-8(13)6(10-9)3-7(12)14-2/h3,10-11H,4-5H2,1-2H3/b6-3+. The van der Waals surface area contributed by atoms with E-state index in [1.54, 1.807) is 6.92 Å². The van der Waals surface area contributed by atoms with E-state index in [1.165, 1.54) is 7.11 Å². The number of ether oxygens (including phenoxy) is 2. The van der Waals surface area contributed by atoms with Crippen molar-refractivity contribution in [3.05, 3.63) is 11.8 Å². The molecule has 0 aromatic heterocycles. The van der Waals surface area contributed by atoms with Crippen LogP contribution >= 0.6 is 0 Å². The van der Waals surface area contributed by atoms with Crippen LogP contribution in [0.1, 0.15) is 6.92 Å². The summed E-state index contributed by atoms with van der Waals surface area (Å²) < 4.78 is 9.18. The first-order valence-electron chi connectivity index (χ1n) is 4.36. The number of cyclic esters (lactones) is 1. The van der Waals surface area contributed by atoms with Gasteiger partial charge in [-0.2, -0.15) is 0 Å². The van der Waals surface area contributed by atoms with Crippen molar-refractivity contribution in [2.45, 2.75) is 12.5 Å². The Kier molecular flexibility index (Phi) is 3.31. The normalized spacial score (nSPS) is 28.2. The first-order chi connectivity index (χ1) is 7.00. The Morgan fingerprint density at radius 2 is 2.47 bits per heavy atom. The number of hydrogen-bond acceptors (Lipinski definition) is 6. The Bertz CT molecular complexity index is 312. The lowest BCUT2D eigenvalue weighted by molar-refractivity contribution is -0.147. The molecule has 6 nitrogen and oxygen atoms in total. The number of aliphatic hydroxyl groups is 1. The van der Waals surface area contributed by atoms with Gasteiger partial charge < -0.3 is 19.9 Å². The lowest BCUT2D eigenvalue weighted by atomic mass is 10.0. The Labute approximate surface area is 86.9 Å². The van der Waals surface area contributed by atoms with Gasteiger partial charge in [0.2, 0.25) is 0 Å². The fourth-order valence-corrected chi connectivity index (χ4v) is 1.07. The molecule has 15 heavy (non-hydrogen) atoms. The minimum atomic E-state index is -0.756. The predicted octanol–water partition coefficient (Wildman–Crippen LogP) is -1.06. The van der Waals surface area contributed by atoms with Gasteiger partial charge in [-0.25, -0.2) is 9.59 Å². The van der Waals surface area contributed by atoms with Gasteiger partial charge in [0.25, 0.3) is 0 Å². The van der Waals surface area contributed by atoms with E-state index in [2.05, 4.69) is 10.1 Å². The topological polar surface area (TPSA) is 84.9 Å². The van der Waals surface area contributed by atoms with Crippen LogP contribution in [-0.2, 0) is 19.1 Å². The minimum absolute atomic E-state index is 0.00958. The van der Waals surface area contributed by atoms with Gasteiger partial charge in [-0.05, 0) is 6.92 Å². The molecule has 0 spiro atoms. The summed E-state index contributed by atoms with van der Waals surface area (Å²) in [4.78, 5) is 22.1. The van der Waals surface area contributed by atoms with Gasteiger partial charge in [-0.1, -0.05) is 0 Å². The molecule has 84 valence electrons. The molecule has 2 N–H and O–H groups in total. The second-order valence-electron chi connectivity index (χ2n) is 3.50. The molecule has 1 saturated heterocycles. The zero-order valence-electron chi connectivity index (χ0n) is 8.57. The number of carbonyl (C=O) groups is 2. The molecule has 0 aliphatic carbocycles. The monoisotopic (exact) mass is 215 g/mol. The van der Waals surface area contributed by atoms with Gasteiger partial charge in [-0.15, -0.1) is 0 Å². The highest BCUT2D eigenvalue weighted by Gasteiger charge is 2.34. The molecule has 1 aliphatic rings. The highest BCUT2D eigenvalue weighted by atomic mass is 16.5. The van der Waals surface area contributed by atoms with Crippen LogP contribution in [0.2, 0.25) is 0 Å². The van der Waals surface area contributed by atoms with Crippen LogP contribution in [0.15, 0.2) is 11.8 Å². The van der Waals surface area contributed by atoms with Crippen molar-refractivity contribution in [1.29, 1.82) is 0 Å². The molecule has 1 aliphatic heterocycles. The van der Waals surface area contributed by atoms with E-state index in [1.807, 2.05) is 0 Å². The Balaban J connectivity index is 2.83. The van der Waals surface area contributed by atoms with E-state index < -0.39 is 17.5 Å². The molecule has 6 heteroatoms. The van der Waals surface area contributed by atoms with Crippen LogP contribution in [0, 0.1) is 0 Å². The van der Waals surface area contributed by atoms with Crippen molar-refractivity contribution in [2.75, 3.05) is 20.3 Å². The molecule has 0 aromatic rings. The number of methoxy groups -OCH3 is 1. The van der Waals surface area contributed by atoms with Gasteiger partial charge in [0.05, 0.1) is 25.3 Å². The molecular formula is C9H13NO5. The molecule has 1 heterocycles. The Morgan fingerprint density at radius 3 is 3.00 bits per heavy atom. The first-order valence-corrected chi connectivity index (χ1v) is 4.36. The van der Waals surface area contributed by atoms with Crippen molar-refractivity contribution < 1.29 is 24.2 Å². The van der Waals surface area contributed by atoms with Gasteiger partial charge in [0.15, 0.2) is 0 Å². The fourth-order valence-electron chi connectivity index (χ4n) is 1.07. The molecular weight excluding hydrogens is 202 g/mol. The second kappa shape index (κ2) is 4.31. The average Bonchev–Trinajstić information content (AvgIpc) is 2.23. The number of esters is 2. The number of aliphatic hydroxyl groups excluding tert-OH is 1. The molecule has 0 radical (unpaired) electrons. The number of morpholine rings is 1. The van der Waals surface area contributed by atoms with E-state index in [9.17, 15) is 9.59 Å². The number of nitrogens with one attached hydrogen (secondary N) is 1. The molecule has 0 aromatic carbocycles. The third-order valence-electron chi connectivity index (χ3n) is 1.99. The smallest absolute Gasteiger partial charge is 0.354 e. The van der Waals surface area contributed by atoms with Crippen molar-refractivity contribution in [3.8, 4) is 0 Å². The van der Waals surface area contributed by atoms with Gasteiger partial charge in [0.1, 0.15) is 12.3 Å². The van der Waals surface area contributed by atoms with E-state index in [4.69, 9.17) is 9.84 Å². The summed E-state index contributed by atoms with van der Waals surface area (Å²) in [6.45, 7) is 1.52. The Morgan fingerprint density at radius 1 is 1.80 bits per heavy atom. The average molecular weight is 215 g/mol. The summed E-state index contributed by atoms with van der Waals surface area (Å²) in [6.07, 6.45) is 0.995. The van der Waals surface area contributed by atoms with E-state index in [0.29, 0.717) is 0 Å². The van der Waals surface area contributed by atoms with Gasteiger partial charge in [0, 0.05) is 0 Å². The van der Waals surface area contributed by atoms with E-state index in [-0.39, 0.29) is 18.9 Å². The maximum Gasteiger partial charge on any atom is 0.354 e. The summed E-state index contributed by atoms with van der Waals surface area (Å²) >= 11 is 0. The van der Waals surface area contributed by atoms with Crippen LogP contribution in [0.25, 0.3) is 0 Å². The number of rotatable bonds is 2. The lowest BCUT2D eigenvalue weighted by Crippen LogP contribution is -2.55. The van der Waals surface area contributed by atoms with Gasteiger partial charge >= 0.3 is 11.9 Å². The largest absolute Gasteiger partial charge is 0.466 e. The molecule has 0 bridgehead atoms. The summed E-state index contributed by atoms with van der Waals surface area (Å²) in [7, 11) is 1.21. The van der Waals surface area contributed by atoms with E-state index in [0.717, 1.165) is 6.08 Å². The number of carbonyl (C=O) groups excluding carboxylic acids is 2. The molecule has 0 amide bonds. The van der Waals surface area contributed by atoms with Crippen molar-refractivity contribution in [2.24, 2.45) is 0 Å².